The average Bonchev–Trinajstić information content (AvgIpc) is 3.22. The number of rotatable bonds is 6. The lowest BCUT2D eigenvalue weighted by molar-refractivity contribution is -0.127. The molecule has 1 aliphatic rings. The highest BCUT2D eigenvalue weighted by atomic mass is 32.2. The first-order valence-electron chi connectivity index (χ1n) is 9.49. The molecule has 4 amide bonds. The number of carbonyl (C=O) groups is 4. The molecule has 1 saturated heterocycles. The Kier molecular flexibility index (Phi) is 5.78. The molecular weight excluding hydrogens is 435 g/mol. The van der Waals surface area contributed by atoms with Crippen molar-refractivity contribution in [1.82, 2.24) is 9.47 Å². The Hall–Kier alpha value is -3.92. The molecule has 2 aromatic carbocycles. The number of nitrogens with one attached hydrogen (secondary N) is 1. The van der Waals surface area contributed by atoms with Gasteiger partial charge in [0, 0.05) is 22.7 Å². The van der Waals surface area contributed by atoms with Gasteiger partial charge in [0.05, 0.1) is 10.6 Å². The smallest absolute Gasteiger partial charge is 0.294 e. The fraction of sp³-hybridized carbons (Fsp3) is 0.0909. The van der Waals surface area contributed by atoms with Gasteiger partial charge in [-0.3, -0.25) is 24.1 Å². The van der Waals surface area contributed by atoms with Crippen molar-refractivity contribution in [2.24, 2.45) is 5.73 Å². The quantitative estimate of drug-likeness (QED) is 0.558. The normalized spacial score (nSPS) is 15.0. The standard InChI is InChI=1S/C22H17FN4O4S/c23-15-6-2-3-7-16(15)25-20(29)12-27-21(30)18(32-22(27)31)9-13-10-26(11-19(24)28)17-8-4-1-5-14(13)17/h1-10H,11-12H2,(H2,24,28)(H,25,29)/b18-9-. The molecule has 0 unspecified atom stereocenters. The summed E-state index contributed by atoms with van der Waals surface area (Å²) in [5.74, 6) is -2.46. The Balaban J connectivity index is 1.56. The first-order chi connectivity index (χ1) is 15.3. The minimum atomic E-state index is -0.697. The molecule has 8 nitrogen and oxygen atoms in total. The average molecular weight is 452 g/mol. The van der Waals surface area contributed by atoms with Crippen LogP contribution < -0.4 is 11.1 Å². The van der Waals surface area contributed by atoms with Crippen LogP contribution in [0.3, 0.4) is 0 Å². The molecule has 3 aromatic rings. The van der Waals surface area contributed by atoms with Crippen molar-refractivity contribution < 1.29 is 23.6 Å². The number of nitrogens with two attached hydrogens (primary N) is 1. The number of amides is 4. The number of thioether (sulfide) groups is 1. The van der Waals surface area contributed by atoms with E-state index in [1.165, 1.54) is 18.2 Å². The van der Waals surface area contributed by atoms with Crippen LogP contribution >= 0.6 is 11.8 Å². The summed E-state index contributed by atoms with van der Waals surface area (Å²) in [6.45, 7) is -0.578. The van der Waals surface area contributed by atoms with E-state index in [0.29, 0.717) is 17.3 Å². The van der Waals surface area contributed by atoms with Crippen molar-refractivity contribution >= 4 is 57.4 Å². The Labute approximate surface area is 185 Å². The fourth-order valence-electron chi connectivity index (χ4n) is 3.36. The molecule has 32 heavy (non-hydrogen) atoms. The number of anilines is 1. The summed E-state index contributed by atoms with van der Waals surface area (Å²) in [5, 5.41) is 2.52. The number of fused-ring (bicyclic) bond motifs is 1. The lowest BCUT2D eigenvalue weighted by Gasteiger charge is -2.12. The molecule has 0 radical (unpaired) electrons. The maximum Gasteiger partial charge on any atom is 0.294 e. The second kappa shape index (κ2) is 8.67. The Bertz CT molecular complexity index is 1300. The van der Waals surface area contributed by atoms with Crippen LogP contribution in [0.15, 0.2) is 59.6 Å². The highest BCUT2D eigenvalue weighted by Crippen LogP contribution is 2.34. The number of primary amides is 1. The Morgan fingerprint density at radius 2 is 1.78 bits per heavy atom. The lowest BCUT2D eigenvalue weighted by atomic mass is 10.1. The van der Waals surface area contributed by atoms with Crippen LogP contribution in [0.1, 0.15) is 5.56 Å². The summed E-state index contributed by atoms with van der Waals surface area (Å²) in [6.07, 6.45) is 3.22. The van der Waals surface area contributed by atoms with E-state index < -0.39 is 35.3 Å². The molecule has 1 aromatic heterocycles. The van der Waals surface area contributed by atoms with Crippen molar-refractivity contribution in [3.63, 3.8) is 0 Å². The number of benzene rings is 2. The maximum absolute atomic E-state index is 13.7. The molecule has 4 rings (SSSR count). The molecule has 0 aliphatic carbocycles. The van der Waals surface area contributed by atoms with Gasteiger partial charge in [0.1, 0.15) is 18.9 Å². The van der Waals surface area contributed by atoms with Crippen LogP contribution in [0.5, 0.6) is 0 Å². The third-order valence-corrected chi connectivity index (χ3v) is 5.66. The first kappa shape index (κ1) is 21.3. The zero-order chi connectivity index (χ0) is 22.8. The molecule has 0 bridgehead atoms. The van der Waals surface area contributed by atoms with E-state index in [1.54, 1.807) is 22.9 Å². The van der Waals surface area contributed by atoms with Gasteiger partial charge >= 0.3 is 0 Å². The third kappa shape index (κ3) is 4.26. The molecule has 2 heterocycles. The van der Waals surface area contributed by atoms with Gasteiger partial charge in [-0.05, 0) is 36.0 Å². The van der Waals surface area contributed by atoms with Gasteiger partial charge in [-0.25, -0.2) is 4.39 Å². The van der Waals surface area contributed by atoms with Crippen molar-refractivity contribution in [1.29, 1.82) is 0 Å². The predicted octanol–water partition coefficient (Wildman–Crippen LogP) is 2.94. The minimum Gasteiger partial charge on any atom is -0.368 e. The van der Waals surface area contributed by atoms with Crippen LogP contribution in [0.2, 0.25) is 0 Å². The number of halogens is 1. The predicted molar refractivity (Wildman–Crippen MR) is 119 cm³/mol. The van der Waals surface area contributed by atoms with E-state index >= 15 is 0 Å². The Morgan fingerprint density at radius 1 is 1.06 bits per heavy atom. The van der Waals surface area contributed by atoms with E-state index in [4.69, 9.17) is 5.73 Å². The van der Waals surface area contributed by atoms with Gasteiger partial charge in [-0.2, -0.15) is 0 Å². The van der Waals surface area contributed by atoms with Gasteiger partial charge in [0.2, 0.25) is 11.8 Å². The molecule has 10 heteroatoms. The Morgan fingerprint density at radius 3 is 2.53 bits per heavy atom. The van der Waals surface area contributed by atoms with Gasteiger partial charge in [0.25, 0.3) is 11.1 Å². The van der Waals surface area contributed by atoms with Crippen molar-refractivity contribution in [3.8, 4) is 0 Å². The second-order valence-corrected chi connectivity index (χ2v) is 7.98. The molecule has 162 valence electrons. The largest absolute Gasteiger partial charge is 0.368 e. The third-order valence-electron chi connectivity index (χ3n) is 4.76. The number of hydrogen-bond acceptors (Lipinski definition) is 5. The number of para-hydroxylation sites is 2. The zero-order valence-corrected chi connectivity index (χ0v) is 17.4. The van der Waals surface area contributed by atoms with Crippen molar-refractivity contribution in [2.75, 3.05) is 11.9 Å². The van der Waals surface area contributed by atoms with Gasteiger partial charge in [-0.1, -0.05) is 30.3 Å². The minimum absolute atomic E-state index is 0.0357. The number of imide groups is 1. The highest BCUT2D eigenvalue weighted by Gasteiger charge is 2.36. The zero-order valence-electron chi connectivity index (χ0n) is 16.6. The summed E-state index contributed by atoms with van der Waals surface area (Å²) >= 11 is 0.703. The van der Waals surface area contributed by atoms with Crippen LogP contribution in [0.25, 0.3) is 17.0 Å². The maximum atomic E-state index is 13.7. The molecule has 0 saturated carbocycles. The molecule has 1 fully saturated rings. The molecular formula is C22H17FN4O4S. The molecule has 0 spiro atoms. The first-order valence-corrected chi connectivity index (χ1v) is 10.3. The van der Waals surface area contributed by atoms with Crippen molar-refractivity contribution in [3.05, 3.63) is 71.0 Å². The summed E-state index contributed by atoms with van der Waals surface area (Å²) in [7, 11) is 0. The fourth-order valence-corrected chi connectivity index (χ4v) is 4.19. The van der Waals surface area contributed by atoms with Crippen LogP contribution in [0, 0.1) is 5.82 Å². The molecule has 1 aliphatic heterocycles. The van der Waals surface area contributed by atoms with Gasteiger partial charge < -0.3 is 15.6 Å². The lowest BCUT2D eigenvalue weighted by Crippen LogP contribution is -2.36. The van der Waals surface area contributed by atoms with Crippen LogP contribution in [-0.2, 0) is 20.9 Å². The second-order valence-electron chi connectivity index (χ2n) is 6.99. The van der Waals surface area contributed by atoms with E-state index in [1.807, 2.05) is 24.3 Å². The number of hydrogen-bond donors (Lipinski definition) is 2. The summed E-state index contributed by atoms with van der Waals surface area (Å²) in [4.78, 5) is 49.7. The van der Waals surface area contributed by atoms with Gasteiger partial charge in [0.15, 0.2) is 0 Å². The molecule has 0 atom stereocenters. The van der Waals surface area contributed by atoms with Gasteiger partial charge in [-0.15, -0.1) is 0 Å². The van der Waals surface area contributed by atoms with E-state index in [-0.39, 0.29) is 17.1 Å². The van der Waals surface area contributed by atoms with E-state index in [2.05, 4.69) is 5.32 Å². The SMILES string of the molecule is NC(=O)Cn1cc(/C=C2\SC(=O)N(CC(=O)Nc3ccccc3F)C2=O)c2ccccc21. The van der Waals surface area contributed by atoms with Crippen LogP contribution in [0.4, 0.5) is 14.9 Å². The summed E-state index contributed by atoms with van der Waals surface area (Å²) in [5.41, 5.74) is 6.65. The molecule has 3 N–H and O–H groups in total. The topological polar surface area (TPSA) is 114 Å². The highest BCUT2D eigenvalue weighted by molar-refractivity contribution is 8.18. The summed E-state index contributed by atoms with van der Waals surface area (Å²) in [6, 6.07) is 12.9. The summed E-state index contributed by atoms with van der Waals surface area (Å²) < 4.78 is 15.4. The number of nitrogens with zero attached hydrogens (tertiary/aromatic N) is 2. The number of aromatic nitrogens is 1. The van der Waals surface area contributed by atoms with E-state index in [0.717, 1.165) is 15.8 Å². The van der Waals surface area contributed by atoms with Crippen molar-refractivity contribution in [2.45, 2.75) is 6.54 Å². The van der Waals surface area contributed by atoms with E-state index in [9.17, 15) is 23.6 Å². The number of carbonyl (C=O) groups excluding carboxylic acids is 4. The monoisotopic (exact) mass is 452 g/mol. The van der Waals surface area contributed by atoms with Crippen LogP contribution in [-0.4, -0.2) is 39.0 Å².